The van der Waals surface area contributed by atoms with Crippen LogP contribution in [0, 0.1) is 0 Å². The van der Waals surface area contributed by atoms with Gasteiger partial charge in [0.15, 0.2) is 6.61 Å². The van der Waals surface area contributed by atoms with Crippen molar-refractivity contribution in [2.24, 2.45) is 0 Å². The molecule has 0 unspecified atom stereocenters. The number of carbonyl (C=O) groups is 3. The average molecular weight is 396 g/mol. The Morgan fingerprint density at radius 2 is 1.66 bits per heavy atom. The van der Waals surface area contributed by atoms with Gasteiger partial charge >= 0.3 is 5.97 Å². The summed E-state index contributed by atoms with van der Waals surface area (Å²) in [6, 6.07) is 17.0. The molecule has 0 atom stereocenters. The summed E-state index contributed by atoms with van der Waals surface area (Å²) in [7, 11) is 0. The monoisotopic (exact) mass is 396 g/mol. The standard InChI is InChI=1S/C23H28N2O4/c1-4-25(15-21(26)24-17(2)3)22(27)16-29-23(28)20-13-9-8-12-19(20)14-18-10-6-5-7-11-18/h5-13,17H,4,14-16H2,1-3H3,(H,24,26). The summed E-state index contributed by atoms with van der Waals surface area (Å²) in [5.74, 6) is -1.19. The molecule has 2 amide bonds. The second-order valence-electron chi connectivity index (χ2n) is 7.03. The van der Waals surface area contributed by atoms with Gasteiger partial charge in [0.2, 0.25) is 5.91 Å². The summed E-state index contributed by atoms with van der Waals surface area (Å²) >= 11 is 0. The van der Waals surface area contributed by atoms with E-state index in [0.29, 0.717) is 18.5 Å². The van der Waals surface area contributed by atoms with Crippen LogP contribution < -0.4 is 5.32 Å². The molecule has 0 spiro atoms. The summed E-state index contributed by atoms with van der Waals surface area (Å²) in [5.41, 5.74) is 2.35. The van der Waals surface area contributed by atoms with Gasteiger partial charge in [-0.1, -0.05) is 48.5 Å². The van der Waals surface area contributed by atoms with E-state index >= 15 is 0 Å². The first-order valence-electron chi connectivity index (χ1n) is 9.76. The number of likely N-dealkylation sites (N-methyl/N-ethyl adjacent to an activating group) is 1. The minimum absolute atomic E-state index is 0.00440. The fourth-order valence-corrected chi connectivity index (χ4v) is 2.90. The predicted molar refractivity (Wildman–Crippen MR) is 112 cm³/mol. The number of carbonyl (C=O) groups excluding carboxylic acids is 3. The molecule has 2 aromatic carbocycles. The summed E-state index contributed by atoms with van der Waals surface area (Å²) < 4.78 is 5.25. The Labute approximate surface area is 171 Å². The molecule has 0 fully saturated rings. The maximum atomic E-state index is 12.6. The van der Waals surface area contributed by atoms with E-state index in [9.17, 15) is 14.4 Å². The minimum atomic E-state index is -0.549. The topological polar surface area (TPSA) is 75.7 Å². The van der Waals surface area contributed by atoms with Gasteiger partial charge in [-0.3, -0.25) is 9.59 Å². The molecule has 2 aromatic rings. The Kier molecular flexibility index (Phi) is 8.40. The number of amides is 2. The third-order valence-corrected chi connectivity index (χ3v) is 4.32. The number of rotatable bonds is 9. The highest BCUT2D eigenvalue weighted by Gasteiger charge is 2.19. The third-order valence-electron chi connectivity index (χ3n) is 4.32. The molecule has 0 saturated carbocycles. The first-order chi connectivity index (χ1) is 13.9. The maximum Gasteiger partial charge on any atom is 0.338 e. The highest BCUT2D eigenvalue weighted by molar-refractivity contribution is 5.93. The first-order valence-corrected chi connectivity index (χ1v) is 9.76. The largest absolute Gasteiger partial charge is 0.452 e. The normalized spacial score (nSPS) is 10.5. The molecule has 0 aliphatic heterocycles. The second-order valence-corrected chi connectivity index (χ2v) is 7.03. The van der Waals surface area contributed by atoms with E-state index in [4.69, 9.17) is 4.74 Å². The van der Waals surface area contributed by atoms with Gasteiger partial charge in [-0.05, 0) is 44.4 Å². The second kappa shape index (κ2) is 11.0. The van der Waals surface area contributed by atoms with Crippen LogP contribution >= 0.6 is 0 Å². The van der Waals surface area contributed by atoms with Crippen LogP contribution in [-0.2, 0) is 20.7 Å². The molecule has 0 heterocycles. The molecular weight excluding hydrogens is 368 g/mol. The molecule has 6 heteroatoms. The van der Waals surface area contributed by atoms with Crippen molar-refractivity contribution in [3.05, 3.63) is 71.3 Å². The molecule has 1 N–H and O–H groups in total. The molecule has 0 aliphatic carbocycles. The summed E-state index contributed by atoms with van der Waals surface area (Å²) in [6.45, 7) is 5.37. The molecule has 6 nitrogen and oxygen atoms in total. The maximum absolute atomic E-state index is 12.6. The number of nitrogens with one attached hydrogen (secondary N) is 1. The minimum Gasteiger partial charge on any atom is -0.452 e. The summed E-state index contributed by atoms with van der Waals surface area (Å²) in [4.78, 5) is 38.2. The van der Waals surface area contributed by atoms with E-state index in [0.717, 1.165) is 11.1 Å². The lowest BCUT2D eigenvalue weighted by molar-refractivity contribution is -0.138. The molecule has 154 valence electrons. The van der Waals surface area contributed by atoms with Gasteiger partial charge in [-0.2, -0.15) is 0 Å². The van der Waals surface area contributed by atoms with Crippen LogP contribution in [0.2, 0.25) is 0 Å². The van der Waals surface area contributed by atoms with Crippen LogP contribution in [0.15, 0.2) is 54.6 Å². The van der Waals surface area contributed by atoms with Gasteiger partial charge in [0.1, 0.15) is 0 Å². The van der Waals surface area contributed by atoms with Crippen molar-refractivity contribution in [1.29, 1.82) is 0 Å². The molecule has 0 aromatic heterocycles. The van der Waals surface area contributed by atoms with Crippen molar-refractivity contribution >= 4 is 17.8 Å². The highest BCUT2D eigenvalue weighted by Crippen LogP contribution is 2.15. The van der Waals surface area contributed by atoms with Crippen LogP contribution in [0.1, 0.15) is 42.3 Å². The smallest absolute Gasteiger partial charge is 0.338 e. The zero-order valence-corrected chi connectivity index (χ0v) is 17.2. The van der Waals surface area contributed by atoms with E-state index in [2.05, 4.69) is 5.32 Å². The third kappa shape index (κ3) is 7.07. The molecule has 0 radical (unpaired) electrons. The van der Waals surface area contributed by atoms with Crippen LogP contribution in [0.4, 0.5) is 0 Å². The van der Waals surface area contributed by atoms with Gasteiger partial charge in [-0.25, -0.2) is 4.79 Å². The van der Waals surface area contributed by atoms with E-state index in [-0.39, 0.29) is 18.5 Å². The number of hydrogen-bond acceptors (Lipinski definition) is 4. The van der Waals surface area contributed by atoms with Gasteiger partial charge in [0, 0.05) is 12.6 Å². The molecule has 2 rings (SSSR count). The average Bonchev–Trinajstić information content (AvgIpc) is 2.70. The Morgan fingerprint density at radius 1 is 1.00 bits per heavy atom. The number of hydrogen-bond donors (Lipinski definition) is 1. The van der Waals surface area contributed by atoms with Crippen LogP contribution in [0.5, 0.6) is 0 Å². The molecule has 0 saturated heterocycles. The van der Waals surface area contributed by atoms with Gasteiger partial charge in [0.25, 0.3) is 5.91 Å². The zero-order chi connectivity index (χ0) is 21.2. The van der Waals surface area contributed by atoms with E-state index < -0.39 is 18.5 Å². The van der Waals surface area contributed by atoms with Crippen LogP contribution in [-0.4, -0.2) is 48.4 Å². The van der Waals surface area contributed by atoms with E-state index in [1.54, 1.807) is 19.1 Å². The van der Waals surface area contributed by atoms with Gasteiger partial charge in [-0.15, -0.1) is 0 Å². The lowest BCUT2D eigenvalue weighted by Gasteiger charge is -2.21. The Morgan fingerprint density at radius 3 is 2.31 bits per heavy atom. The van der Waals surface area contributed by atoms with Crippen molar-refractivity contribution < 1.29 is 19.1 Å². The predicted octanol–water partition coefficient (Wildman–Crippen LogP) is 2.81. The highest BCUT2D eigenvalue weighted by atomic mass is 16.5. The van der Waals surface area contributed by atoms with Crippen molar-refractivity contribution in [2.45, 2.75) is 33.2 Å². The Hall–Kier alpha value is -3.15. The number of nitrogens with zero attached hydrogens (tertiary/aromatic N) is 1. The van der Waals surface area contributed by atoms with Crippen molar-refractivity contribution in [2.75, 3.05) is 19.7 Å². The lowest BCUT2D eigenvalue weighted by atomic mass is 10.00. The van der Waals surface area contributed by atoms with E-state index in [1.165, 1.54) is 4.90 Å². The first kappa shape index (κ1) is 22.1. The lowest BCUT2D eigenvalue weighted by Crippen LogP contribution is -2.44. The van der Waals surface area contributed by atoms with Crippen molar-refractivity contribution in [3.8, 4) is 0 Å². The quantitative estimate of drug-likeness (QED) is 0.662. The Bertz CT molecular complexity index is 834. The summed E-state index contributed by atoms with van der Waals surface area (Å²) in [5, 5.41) is 2.74. The van der Waals surface area contributed by atoms with E-state index in [1.807, 2.05) is 56.3 Å². The van der Waals surface area contributed by atoms with Gasteiger partial charge in [0.05, 0.1) is 12.1 Å². The molecule has 0 aliphatic rings. The molecule has 29 heavy (non-hydrogen) atoms. The van der Waals surface area contributed by atoms with Crippen molar-refractivity contribution in [3.63, 3.8) is 0 Å². The van der Waals surface area contributed by atoms with Crippen LogP contribution in [0.3, 0.4) is 0 Å². The number of ether oxygens (including phenoxy) is 1. The van der Waals surface area contributed by atoms with Gasteiger partial charge < -0.3 is 15.0 Å². The summed E-state index contributed by atoms with van der Waals surface area (Å²) in [6.07, 6.45) is 0.594. The fraction of sp³-hybridized carbons (Fsp3) is 0.348. The Balaban J connectivity index is 1.98. The SMILES string of the molecule is CCN(CC(=O)NC(C)C)C(=O)COC(=O)c1ccccc1Cc1ccccc1. The number of esters is 1. The van der Waals surface area contributed by atoms with Crippen LogP contribution in [0.25, 0.3) is 0 Å². The van der Waals surface area contributed by atoms with Crippen molar-refractivity contribution in [1.82, 2.24) is 10.2 Å². The number of benzene rings is 2. The molecular formula is C23H28N2O4. The molecule has 0 bridgehead atoms. The zero-order valence-electron chi connectivity index (χ0n) is 17.2. The fourth-order valence-electron chi connectivity index (χ4n) is 2.90.